The van der Waals surface area contributed by atoms with E-state index in [4.69, 9.17) is 0 Å². The molecule has 3 heterocycles. The topological polar surface area (TPSA) is 97.2 Å². The molecule has 1 saturated carbocycles. The quantitative estimate of drug-likeness (QED) is 0.747. The number of hydrogen-bond donors (Lipinski definition) is 1. The number of rotatable bonds is 6. The number of nitrogens with one attached hydrogen (secondary N) is 1. The largest absolute Gasteiger partial charge is 0.350 e. The first-order chi connectivity index (χ1) is 13.8. The Morgan fingerprint density at radius 1 is 1.28 bits per heavy atom. The number of sulfonamides is 1. The van der Waals surface area contributed by atoms with E-state index in [-0.39, 0.29) is 22.8 Å². The van der Waals surface area contributed by atoms with Crippen LogP contribution in [0.25, 0.3) is 0 Å². The van der Waals surface area contributed by atoms with Crippen molar-refractivity contribution in [2.24, 2.45) is 13.0 Å². The smallest absolute Gasteiger partial charge is 0.262 e. The van der Waals surface area contributed by atoms with Crippen molar-refractivity contribution in [3.8, 4) is 0 Å². The molecular formula is C19H27N5O3S2. The Hall–Kier alpha value is -1.78. The Morgan fingerprint density at radius 2 is 2.07 bits per heavy atom. The van der Waals surface area contributed by atoms with Crippen molar-refractivity contribution < 1.29 is 13.2 Å². The number of imidazole rings is 1. The number of carbonyl (C=O) groups is 1. The highest BCUT2D eigenvalue weighted by Crippen LogP contribution is 2.32. The summed E-state index contributed by atoms with van der Waals surface area (Å²) in [7, 11) is -1.81. The summed E-state index contributed by atoms with van der Waals surface area (Å²) >= 11 is 1.55. The van der Waals surface area contributed by atoms with Gasteiger partial charge < -0.3 is 9.88 Å². The molecule has 158 valence electrons. The first-order valence-electron chi connectivity index (χ1n) is 10.1. The summed E-state index contributed by atoms with van der Waals surface area (Å²) in [4.78, 5) is 20.9. The maximum Gasteiger partial charge on any atom is 0.262 e. The normalized spacial score (nSPS) is 21.1. The molecule has 8 nitrogen and oxygen atoms in total. The first kappa shape index (κ1) is 20.5. The van der Waals surface area contributed by atoms with Crippen LogP contribution in [0.2, 0.25) is 0 Å². The molecule has 1 aliphatic carbocycles. The summed E-state index contributed by atoms with van der Waals surface area (Å²) in [6, 6.07) is 0. The van der Waals surface area contributed by atoms with Crippen LogP contribution < -0.4 is 5.32 Å². The fourth-order valence-corrected chi connectivity index (χ4v) is 6.23. The van der Waals surface area contributed by atoms with Gasteiger partial charge in [-0.3, -0.25) is 4.79 Å². The van der Waals surface area contributed by atoms with Crippen molar-refractivity contribution in [2.75, 3.05) is 13.1 Å². The van der Waals surface area contributed by atoms with Crippen LogP contribution in [0.4, 0.5) is 0 Å². The third-order valence-electron chi connectivity index (χ3n) is 5.91. The minimum absolute atomic E-state index is 0.0735. The molecule has 2 aromatic rings. The summed E-state index contributed by atoms with van der Waals surface area (Å²) < 4.78 is 29.2. The molecule has 0 unspecified atom stereocenters. The zero-order valence-electron chi connectivity index (χ0n) is 16.8. The number of thiazole rings is 1. The van der Waals surface area contributed by atoms with Crippen molar-refractivity contribution in [3.63, 3.8) is 0 Å². The lowest BCUT2D eigenvalue weighted by Gasteiger charge is -2.30. The molecule has 0 aromatic carbocycles. The lowest BCUT2D eigenvalue weighted by Crippen LogP contribution is -2.39. The Bertz CT molecular complexity index is 974. The van der Waals surface area contributed by atoms with E-state index in [2.05, 4.69) is 15.3 Å². The van der Waals surface area contributed by atoms with E-state index < -0.39 is 10.0 Å². The highest BCUT2D eigenvalue weighted by Gasteiger charge is 2.33. The number of aromatic nitrogens is 3. The predicted octanol–water partition coefficient (Wildman–Crippen LogP) is 2.17. The monoisotopic (exact) mass is 437 g/mol. The van der Waals surface area contributed by atoms with Crippen molar-refractivity contribution in [3.05, 3.63) is 28.1 Å². The lowest BCUT2D eigenvalue weighted by atomic mass is 9.85. The first-order valence-corrected chi connectivity index (χ1v) is 12.4. The number of piperidine rings is 1. The van der Waals surface area contributed by atoms with Gasteiger partial charge in [-0.2, -0.15) is 4.31 Å². The molecular weight excluding hydrogens is 410 g/mol. The lowest BCUT2D eigenvalue weighted by molar-refractivity contribution is -0.127. The van der Waals surface area contributed by atoms with Gasteiger partial charge in [-0.15, -0.1) is 11.3 Å². The molecule has 29 heavy (non-hydrogen) atoms. The third-order valence-corrected chi connectivity index (χ3v) is 8.71. The van der Waals surface area contributed by atoms with E-state index in [1.165, 1.54) is 4.31 Å². The number of amides is 1. The second-order valence-electron chi connectivity index (χ2n) is 7.96. The second kappa shape index (κ2) is 8.16. The average Bonchev–Trinajstić information content (AvgIpc) is 3.26. The SMILES string of the molecule is Cc1nc(S(=O)(=O)N2CCC[C@@H](c3nc(CNC(=O)C4CCC4)cs3)C2)cn1C. The van der Waals surface area contributed by atoms with E-state index in [1.807, 2.05) is 5.38 Å². The zero-order valence-corrected chi connectivity index (χ0v) is 18.4. The van der Waals surface area contributed by atoms with Gasteiger partial charge in [-0.05, 0) is 32.6 Å². The predicted molar refractivity (Wildman–Crippen MR) is 110 cm³/mol. The third kappa shape index (κ3) is 4.24. The van der Waals surface area contributed by atoms with Crippen molar-refractivity contribution >= 4 is 27.3 Å². The van der Waals surface area contributed by atoms with Gasteiger partial charge in [0.15, 0.2) is 5.03 Å². The van der Waals surface area contributed by atoms with Crippen LogP contribution in [-0.4, -0.2) is 46.3 Å². The Morgan fingerprint density at radius 3 is 2.72 bits per heavy atom. The summed E-state index contributed by atoms with van der Waals surface area (Å²) in [6.07, 6.45) is 6.38. The zero-order chi connectivity index (χ0) is 20.6. The average molecular weight is 438 g/mol. The van der Waals surface area contributed by atoms with Crippen LogP contribution >= 0.6 is 11.3 Å². The Labute approximate surface area is 175 Å². The minimum Gasteiger partial charge on any atom is -0.350 e. The highest BCUT2D eigenvalue weighted by atomic mass is 32.2. The van der Waals surface area contributed by atoms with Gasteiger partial charge in [0.2, 0.25) is 5.91 Å². The number of nitrogens with zero attached hydrogens (tertiary/aromatic N) is 4. The number of hydrogen-bond acceptors (Lipinski definition) is 6. The van der Waals surface area contributed by atoms with Crippen LogP contribution in [0.1, 0.15) is 54.5 Å². The van der Waals surface area contributed by atoms with Crippen LogP contribution in [0.15, 0.2) is 16.6 Å². The molecule has 2 fully saturated rings. The van der Waals surface area contributed by atoms with E-state index in [0.29, 0.717) is 25.5 Å². The minimum atomic E-state index is -3.60. The summed E-state index contributed by atoms with van der Waals surface area (Å²) in [6.45, 7) is 3.15. The highest BCUT2D eigenvalue weighted by molar-refractivity contribution is 7.89. The van der Waals surface area contributed by atoms with E-state index in [9.17, 15) is 13.2 Å². The van der Waals surface area contributed by atoms with Gasteiger partial charge in [0.1, 0.15) is 5.82 Å². The van der Waals surface area contributed by atoms with Gasteiger partial charge in [-0.1, -0.05) is 6.42 Å². The molecule has 2 aromatic heterocycles. The summed E-state index contributed by atoms with van der Waals surface area (Å²) in [5.41, 5.74) is 0.845. The van der Waals surface area contributed by atoms with E-state index >= 15 is 0 Å². The molecule has 1 atom stereocenters. The number of aryl methyl sites for hydroxylation is 2. The molecule has 10 heteroatoms. The fourth-order valence-electron chi connectivity index (χ4n) is 3.73. The maximum absolute atomic E-state index is 13.0. The number of carbonyl (C=O) groups excluding carboxylic acids is 1. The Kier molecular flexibility index (Phi) is 5.76. The molecule has 1 amide bonds. The van der Waals surface area contributed by atoms with Crippen LogP contribution in [0.3, 0.4) is 0 Å². The van der Waals surface area contributed by atoms with E-state index in [1.54, 1.807) is 36.1 Å². The van der Waals surface area contributed by atoms with E-state index in [0.717, 1.165) is 42.8 Å². The van der Waals surface area contributed by atoms with Crippen LogP contribution in [0, 0.1) is 12.8 Å². The van der Waals surface area contributed by atoms with Crippen molar-refractivity contribution in [2.45, 2.75) is 56.5 Å². The molecule has 2 aliphatic rings. The summed E-state index contributed by atoms with van der Waals surface area (Å²) in [5.74, 6) is 1.03. The fraction of sp³-hybridized carbons (Fsp3) is 0.632. The standard InChI is InChI=1S/C19H27N5O3S2/c1-13-21-17(11-23(13)2)29(26,27)24-8-4-7-15(10-24)19-22-16(12-28-19)9-20-18(25)14-5-3-6-14/h11-12,14-15H,3-10H2,1-2H3,(H,20,25)/t15-/m1/s1. The summed E-state index contributed by atoms with van der Waals surface area (Å²) in [5, 5.41) is 5.98. The van der Waals surface area contributed by atoms with Gasteiger partial charge in [0, 0.05) is 43.5 Å². The van der Waals surface area contributed by atoms with Gasteiger partial charge in [0.05, 0.1) is 17.2 Å². The molecule has 0 spiro atoms. The van der Waals surface area contributed by atoms with Crippen molar-refractivity contribution in [1.82, 2.24) is 24.2 Å². The molecule has 1 aliphatic heterocycles. The van der Waals surface area contributed by atoms with Gasteiger partial charge in [0.25, 0.3) is 10.0 Å². The second-order valence-corrected chi connectivity index (χ2v) is 10.7. The van der Waals surface area contributed by atoms with Crippen LogP contribution in [-0.2, 0) is 28.4 Å². The molecule has 0 radical (unpaired) electrons. The van der Waals surface area contributed by atoms with Crippen LogP contribution in [0.5, 0.6) is 0 Å². The molecule has 0 bridgehead atoms. The Balaban J connectivity index is 1.40. The molecule has 1 N–H and O–H groups in total. The van der Waals surface area contributed by atoms with Crippen molar-refractivity contribution in [1.29, 1.82) is 0 Å². The van der Waals surface area contributed by atoms with Gasteiger partial charge >= 0.3 is 0 Å². The van der Waals surface area contributed by atoms with Gasteiger partial charge in [-0.25, -0.2) is 18.4 Å². The maximum atomic E-state index is 13.0. The molecule has 4 rings (SSSR count). The molecule has 1 saturated heterocycles.